The molecule has 146 valence electrons. The van der Waals surface area contributed by atoms with Gasteiger partial charge in [0.05, 0.1) is 0 Å². The molecule has 4 heterocycles. The molecule has 0 saturated carbocycles. The van der Waals surface area contributed by atoms with Gasteiger partial charge < -0.3 is 14.1 Å². The number of nitrogens with zero attached hydrogens (tertiary/aromatic N) is 4. The van der Waals surface area contributed by atoms with Gasteiger partial charge in [-0.25, -0.2) is 0 Å². The van der Waals surface area contributed by atoms with Crippen molar-refractivity contribution in [3.63, 3.8) is 0 Å². The fourth-order valence-electron chi connectivity index (χ4n) is 3.61. The number of thiophene rings is 1. The van der Waals surface area contributed by atoms with Crippen molar-refractivity contribution in [1.29, 1.82) is 0 Å². The van der Waals surface area contributed by atoms with Crippen LogP contribution in [0.3, 0.4) is 0 Å². The molecule has 7 nitrogen and oxygen atoms in total. The predicted octanol–water partition coefficient (Wildman–Crippen LogP) is 4.09. The fourth-order valence-corrected chi connectivity index (χ4v) is 4.24. The molecule has 1 saturated heterocycles. The minimum Gasteiger partial charge on any atom is -0.481 e. The molecule has 3 aromatic heterocycles. The SMILES string of the molecule is O=C(COc1cccc2cccnc12)N1CCCC1c1nnc(-c2ccsc2)o1. The maximum absolute atomic E-state index is 12.9. The van der Waals surface area contributed by atoms with Crippen LogP contribution >= 0.6 is 11.3 Å². The second kappa shape index (κ2) is 7.63. The lowest BCUT2D eigenvalue weighted by molar-refractivity contribution is -0.134. The van der Waals surface area contributed by atoms with Crippen molar-refractivity contribution in [3.8, 4) is 17.2 Å². The first-order chi connectivity index (χ1) is 14.3. The number of aromatic nitrogens is 3. The molecule has 1 amide bonds. The summed E-state index contributed by atoms with van der Waals surface area (Å²) < 4.78 is 11.7. The topological polar surface area (TPSA) is 81.4 Å². The van der Waals surface area contributed by atoms with Crippen LogP contribution in [0.15, 0.2) is 57.8 Å². The number of hydrogen-bond acceptors (Lipinski definition) is 7. The van der Waals surface area contributed by atoms with Crippen LogP contribution in [0.2, 0.25) is 0 Å². The second-order valence-electron chi connectivity index (χ2n) is 6.82. The number of fused-ring (bicyclic) bond motifs is 1. The maximum Gasteiger partial charge on any atom is 0.261 e. The van der Waals surface area contributed by atoms with Crippen molar-refractivity contribution in [3.05, 3.63) is 59.2 Å². The van der Waals surface area contributed by atoms with E-state index >= 15 is 0 Å². The molecular formula is C21H18N4O3S. The first-order valence-electron chi connectivity index (χ1n) is 9.41. The smallest absolute Gasteiger partial charge is 0.261 e. The zero-order chi connectivity index (χ0) is 19.6. The summed E-state index contributed by atoms with van der Waals surface area (Å²) >= 11 is 1.57. The predicted molar refractivity (Wildman–Crippen MR) is 109 cm³/mol. The number of para-hydroxylation sites is 1. The van der Waals surface area contributed by atoms with Crippen LogP contribution in [-0.4, -0.2) is 39.1 Å². The van der Waals surface area contributed by atoms with Crippen LogP contribution in [-0.2, 0) is 4.79 Å². The van der Waals surface area contributed by atoms with Gasteiger partial charge in [-0.1, -0.05) is 18.2 Å². The number of likely N-dealkylation sites (tertiary alicyclic amines) is 1. The Hall–Kier alpha value is -3.26. The van der Waals surface area contributed by atoms with E-state index in [0.717, 1.165) is 29.3 Å². The highest BCUT2D eigenvalue weighted by atomic mass is 32.1. The summed E-state index contributed by atoms with van der Waals surface area (Å²) in [5.41, 5.74) is 1.65. The lowest BCUT2D eigenvalue weighted by Crippen LogP contribution is -2.34. The third-order valence-corrected chi connectivity index (χ3v) is 5.70. The zero-order valence-corrected chi connectivity index (χ0v) is 16.3. The van der Waals surface area contributed by atoms with Crippen LogP contribution < -0.4 is 4.74 Å². The molecule has 1 aromatic carbocycles. The molecule has 4 aromatic rings. The van der Waals surface area contributed by atoms with Gasteiger partial charge in [-0.15, -0.1) is 10.2 Å². The quantitative estimate of drug-likeness (QED) is 0.497. The van der Waals surface area contributed by atoms with E-state index in [2.05, 4.69) is 15.2 Å². The van der Waals surface area contributed by atoms with Crippen LogP contribution in [0.1, 0.15) is 24.8 Å². The van der Waals surface area contributed by atoms with Crippen molar-refractivity contribution in [2.24, 2.45) is 0 Å². The summed E-state index contributed by atoms with van der Waals surface area (Å²) in [4.78, 5) is 19.0. The number of pyridine rings is 1. The molecule has 1 fully saturated rings. The highest BCUT2D eigenvalue weighted by Gasteiger charge is 2.34. The summed E-state index contributed by atoms with van der Waals surface area (Å²) in [5, 5.41) is 13.2. The maximum atomic E-state index is 12.9. The monoisotopic (exact) mass is 406 g/mol. The van der Waals surface area contributed by atoms with Crippen LogP contribution in [0.4, 0.5) is 0 Å². The molecule has 29 heavy (non-hydrogen) atoms. The van der Waals surface area contributed by atoms with Gasteiger partial charge >= 0.3 is 0 Å². The first-order valence-corrected chi connectivity index (χ1v) is 10.4. The molecule has 0 radical (unpaired) electrons. The Bertz CT molecular complexity index is 1140. The molecular weight excluding hydrogens is 388 g/mol. The van der Waals surface area contributed by atoms with Gasteiger partial charge in [-0.3, -0.25) is 9.78 Å². The van der Waals surface area contributed by atoms with Gasteiger partial charge in [-0.05, 0) is 36.4 Å². The van der Waals surface area contributed by atoms with Crippen molar-refractivity contribution < 1.29 is 13.9 Å². The Morgan fingerprint density at radius 1 is 1.24 bits per heavy atom. The van der Waals surface area contributed by atoms with Gasteiger partial charge in [0.2, 0.25) is 11.8 Å². The van der Waals surface area contributed by atoms with E-state index in [-0.39, 0.29) is 18.6 Å². The summed E-state index contributed by atoms with van der Waals surface area (Å²) in [6.45, 7) is 0.592. The second-order valence-corrected chi connectivity index (χ2v) is 7.60. The molecule has 0 aliphatic carbocycles. The summed E-state index contributed by atoms with van der Waals surface area (Å²) in [6.07, 6.45) is 3.41. The Balaban J connectivity index is 1.30. The number of carbonyl (C=O) groups is 1. The molecule has 0 N–H and O–H groups in total. The molecule has 1 aliphatic heterocycles. The van der Waals surface area contributed by atoms with Gasteiger partial charge in [0.25, 0.3) is 5.91 Å². The van der Waals surface area contributed by atoms with Gasteiger partial charge in [0.15, 0.2) is 6.61 Å². The van der Waals surface area contributed by atoms with Gasteiger partial charge in [0.1, 0.15) is 17.3 Å². The number of rotatable bonds is 5. The first kappa shape index (κ1) is 17.8. The van der Waals surface area contributed by atoms with Crippen LogP contribution in [0, 0.1) is 0 Å². The Morgan fingerprint density at radius 2 is 2.17 bits per heavy atom. The summed E-state index contributed by atoms with van der Waals surface area (Å²) in [5.74, 6) is 1.46. The zero-order valence-electron chi connectivity index (χ0n) is 15.5. The standard InChI is InChI=1S/C21H18N4O3S/c26-18(12-27-17-7-1-4-14-5-2-9-22-19(14)17)25-10-3-6-16(25)21-24-23-20(28-21)15-8-11-29-13-15/h1-2,4-5,7-9,11,13,16H,3,6,10,12H2. The van der Waals surface area contributed by atoms with Crippen LogP contribution in [0.25, 0.3) is 22.4 Å². The van der Waals surface area contributed by atoms with Gasteiger partial charge in [-0.2, -0.15) is 11.3 Å². The van der Waals surface area contributed by atoms with E-state index < -0.39 is 0 Å². The highest BCUT2D eigenvalue weighted by molar-refractivity contribution is 7.08. The third-order valence-electron chi connectivity index (χ3n) is 5.01. The molecule has 1 unspecified atom stereocenters. The molecule has 1 aliphatic rings. The van der Waals surface area contributed by atoms with E-state index in [1.807, 2.05) is 47.2 Å². The van der Waals surface area contributed by atoms with Crippen LogP contribution in [0.5, 0.6) is 5.75 Å². The molecule has 0 spiro atoms. The number of carbonyl (C=O) groups excluding carboxylic acids is 1. The average molecular weight is 406 g/mol. The van der Waals surface area contributed by atoms with Crippen molar-refractivity contribution in [2.45, 2.75) is 18.9 Å². The van der Waals surface area contributed by atoms with Crippen molar-refractivity contribution >= 4 is 28.1 Å². The number of benzene rings is 1. The lowest BCUT2D eigenvalue weighted by Gasteiger charge is -2.22. The lowest BCUT2D eigenvalue weighted by atomic mass is 10.2. The Morgan fingerprint density at radius 3 is 3.07 bits per heavy atom. The molecule has 1 atom stereocenters. The summed E-state index contributed by atoms with van der Waals surface area (Å²) in [7, 11) is 0. The Labute approximate surface area is 171 Å². The van der Waals surface area contributed by atoms with Gasteiger partial charge in [0, 0.05) is 29.1 Å². The fraction of sp³-hybridized carbons (Fsp3) is 0.238. The summed E-state index contributed by atoms with van der Waals surface area (Å²) in [6, 6.07) is 11.3. The Kier molecular flexibility index (Phi) is 4.69. The van der Waals surface area contributed by atoms with E-state index in [9.17, 15) is 4.79 Å². The number of ether oxygens (including phenoxy) is 1. The number of amides is 1. The molecule has 0 bridgehead atoms. The minimum atomic E-state index is -0.211. The van der Waals surface area contributed by atoms with E-state index in [1.54, 1.807) is 22.4 Å². The normalized spacial score (nSPS) is 16.4. The average Bonchev–Trinajstić information content (AvgIpc) is 3.52. The molecule has 5 rings (SSSR count). The number of hydrogen-bond donors (Lipinski definition) is 0. The largest absolute Gasteiger partial charge is 0.481 e. The minimum absolute atomic E-state index is 0.0578. The van der Waals surface area contributed by atoms with Crippen molar-refractivity contribution in [1.82, 2.24) is 20.1 Å². The van der Waals surface area contributed by atoms with E-state index in [4.69, 9.17) is 9.15 Å². The third kappa shape index (κ3) is 3.47. The van der Waals surface area contributed by atoms with E-state index in [0.29, 0.717) is 24.1 Å². The van der Waals surface area contributed by atoms with E-state index in [1.165, 1.54) is 0 Å². The van der Waals surface area contributed by atoms with Crippen molar-refractivity contribution in [2.75, 3.05) is 13.2 Å². The highest BCUT2D eigenvalue weighted by Crippen LogP contribution is 2.33. The molecule has 8 heteroatoms.